The van der Waals surface area contributed by atoms with Crippen molar-refractivity contribution < 1.29 is 13.9 Å². The smallest absolute Gasteiger partial charge is 0.315 e. The van der Waals surface area contributed by atoms with E-state index in [-0.39, 0.29) is 18.0 Å². The molecule has 1 heterocycles. The molecular weight excluding hydrogens is 296 g/mol. The first kappa shape index (κ1) is 16.8. The first-order chi connectivity index (χ1) is 10.9. The molecule has 2 N–H and O–H groups in total. The Kier molecular flexibility index (Phi) is 5.20. The van der Waals surface area contributed by atoms with E-state index in [9.17, 15) is 4.79 Å². The summed E-state index contributed by atoms with van der Waals surface area (Å²) in [6.07, 6.45) is 0. The summed E-state index contributed by atoms with van der Waals surface area (Å²) >= 11 is 0. The van der Waals surface area contributed by atoms with Gasteiger partial charge in [0.15, 0.2) is 0 Å². The lowest BCUT2D eigenvalue weighted by Gasteiger charge is -2.18. The molecule has 1 aromatic carbocycles. The van der Waals surface area contributed by atoms with Gasteiger partial charge in [0.05, 0.1) is 13.7 Å². The molecule has 1 aromatic heterocycles. The van der Waals surface area contributed by atoms with Gasteiger partial charge in [0.1, 0.15) is 5.75 Å². The zero-order valence-electron chi connectivity index (χ0n) is 13.8. The number of amides is 2. The van der Waals surface area contributed by atoms with Crippen molar-refractivity contribution in [2.24, 2.45) is 5.41 Å². The fraction of sp³-hybridized carbons (Fsp3) is 0.438. The summed E-state index contributed by atoms with van der Waals surface area (Å²) in [7, 11) is 1.60. The summed E-state index contributed by atoms with van der Waals surface area (Å²) in [5.41, 5.74) is 0.793. The van der Waals surface area contributed by atoms with Crippen LogP contribution in [-0.2, 0) is 6.54 Å². The highest BCUT2D eigenvalue weighted by molar-refractivity contribution is 5.73. The Bertz CT molecular complexity index is 661. The van der Waals surface area contributed by atoms with Gasteiger partial charge in [0, 0.05) is 12.1 Å². The van der Waals surface area contributed by atoms with Crippen molar-refractivity contribution >= 4 is 6.03 Å². The maximum atomic E-state index is 11.7. The molecule has 0 bridgehead atoms. The third-order valence-corrected chi connectivity index (χ3v) is 2.96. The van der Waals surface area contributed by atoms with Gasteiger partial charge in [-0.05, 0) is 23.6 Å². The van der Waals surface area contributed by atoms with Gasteiger partial charge in [-0.25, -0.2) is 4.79 Å². The zero-order chi connectivity index (χ0) is 16.9. The first-order valence-corrected chi connectivity index (χ1v) is 7.36. The minimum Gasteiger partial charge on any atom is -0.497 e. The summed E-state index contributed by atoms with van der Waals surface area (Å²) in [6.45, 7) is 6.90. The predicted octanol–water partition coefficient (Wildman–Crippen LogP) is 2.59. The molecule has 2 rings (SSSR count). The van der Waals surface area contributed by atoms with Gasteiger partial charge in [-0.2, -0.15) is 0 Å². The van der Waals surface area contributed by atoms with Gasteiger partial charge in [0.2, 0.25) is 11.8 Å². The third-order valence-electron chi connectivity index (χ3n) is 2.96. The molecule has 0 saturated carbocycles. The molecule has 124 valence electrons. The maximum Gasteiger partial charge on any atom is 0.315 e. The van der Waals surface area contributed by atoms with Crippen LogP contribution in [0.5, 0.6) is 5.75 Å². The zero-order valence-corrected chi connectivity index (χ0v) is 13.8. The lowest BCUT2D eigenvalue weighted by atomic mass is 9.97. The summed E-state index contributed by atoms with van der Waals surface area (Å²) in [5.74, 6) is 1.44. The number of urea groups is 1. The van der Waals surface area contributed by atoms with Crippen molar-refractivity contribution in [3.05, 3.63) is 30.2 Å². The number of aromatic nitrogens is 2. The fourth-order valence-corrected chi connectivity index (χ4v) is 1.76. The van der Waals surface area contributed by atoms with Gasteiger partial charge in [-0.15, -0.1) is 10.2 Å². The Morgan fingerprint density at radius 1 is 1.26 bits per heavy atom. The average molecular weight is 318 g/mol. The van der Waals surface area contributed by atoms with Crippen LogP contribution in [0.4, 0.5) is 4.79 Å². The molecule has 0 atom stereocenters. The van der Waals surface area contributed by atoms with E-state index in [2.05, 4.69) is 20.8 Å². The molecule has 2 aromatic rings. The van der Waals surface area contributed by atoms with E-state index in [0.29, 0.717) is 24.1 Å². The molecular formula is C16H22N4O3. The largest absolute Gasteiger partial charge is 0.497 e. The van der Waals surface area contributed by atoms with Crippen LogP contribution in [0, 0.1) is 5.41 Å². The van der Waals surface area contributed by atoms with Crippen LogP contribution in [0.1, 0.15) is 26.7 Å². The molecule has 0 aliphatic rings. The Balaban J connectivity index is 1.91. The molecule has 0 aliphatic carbocycles. The van der Waals surface area contributed by atoms with E-state index in [1.54, 1.807) is 13.2 Å². The van der Waals surface area contributed by atoms with E-state index in [0.717, 1.165) is 5.56 Å². The van der Waals surface area contributed by atoms with E-state index in [1.807, 2.05) is 39.0 Å². The minimum atomic E-state index is -0.263. The number of carbonyl (C=O) groups excluding carboxylic acids is 1. The molecule has 7 nitrogen and oxygen atoms in total. The van der Waals surface area contributed by atoms with Crippen molar-refractivity contribution in [3.63, 3.8) is 0 Å². The number of ether oxygens (including phenoxy) is 1. The van der Waals surface area contributed by atoms with Crippen molar-refractivity contribution in [1.29, 1.82) is 0 Å². The molecule has 0 spiro atoms. The second-order valence-electron chi connectivity index (χ2n) is 6.33. The summed E-state index contributed by atoms with van der Waals surface area (Å²) < 4.78 is 10.7. The Labute approximate surface area is 135 Å². The molecule has 23 heavy (non-hydrogen) atoms. The van der Waals surface area contributed by atoms with Gasteiger partial charge >= 0.3 is 6.03 Å². The average Bonchev–Trinajstić information content (AvgIpc) is 2.99. The van der Waals surface area contributed by atoms with Crippen LogP contribution >= 0.6 is 0 Å². The highest BCUT2D eigenvalue weighted by Crippen LogP contribution is 2.22. The molecule has 7 heteroatoms. The highest BCUT2D eigenvalue weighted by Gasteiger charge is 2.13. The van der Waals surface area contributed by atoms with Crippen molar-refractivity contribution in [2.75, 3.05) is 13.7 Å². The number of nitrogens with one attached hydrogen (secondary N) is 2. The molecule has 2 amide bonds. The number of hydrogen-bond donors (Lipinski definition) is 2. The van der Waals surface area contributed by atoms with Crippen LogP contribution < -0.4 is 15.4 Å². The van der Waals surface area contributed by atoms with E-state index >= 15 is 0 Å². The number of hydrogen-bond acceptors (Lipinski definition) is 5. The molecule has 0 saturated heterocycles. The normalized spacial score (nSPS) is 11.1. The lowest BCUT2D eigenvalue weighted by Crippen LogP contribution is -2.39. The lowest BCUT2D eigenvalue weighted by molar-refractivity contribution is 0.234. The van der Waals surface area contributed by atoms with E-state index in [4.69, 9.17) is 9.15 Å². The Morgan fingerprint density at radius 3 is 2.74 bits per heavy atom. The van der Waals surface area contributed by atoms with Crippen molar-refractivity contribution in [1.82, 2.24) is 20.8 Å². The SMILES string of the molecule is COc1cccc(-c2nnc(CNC(=O)NCC(C)(C)C)o2)c1. The van der Waals surface area contributed by atoms with Gasteiger partial charge in [-0.1, -0.05) is 26.8 Å². The molecule has 0 radical (unpaired) electrons. The van der Waals surface area contributed by atoms with Crippen LogP contribution in [-0.4, -0.2) is 29.9 Å². The second-order valence-corrected chi connectivity index (χ2v) is 6.33. The predicted molar refractivity (Wildman–Crippen MR) is 86.0 cm³/mol. The first-order valence-electron chi connectivity index (χ1n) is 7.36. The Hall–Kier alpha value is -2.57. The van der Waals surface area contributed by atoms with Crippen LogP contribution in [0.25, 0.3) is 11.5 Å². The van der Waals surface area contributed by atoms with E-state index in [1.165, 1.54) is 0 Å². The van der Waals surface area contributed by atoms with Gasteiger partial charge in [0.25, 0.3) is 0 Å². The number of carbonyl (C=O) groups is 1. The standard InChI is InChI=1S/C16H22N4O3/c1-16(2,3)10-18-15(21)17-9-13-19-20-14(23-13)11-6-5-7-12(8-11)22-4/h5-8H,9-10H2,1-4H3,(H2,17,18,21). The summed E-state index contributed by atoms with van der Waals surface area (Å²) in [4.78, 5) is 11.7. The highest BCUT2D eigenvalue weighted by atomic mass is 16.5. The van der Waals surface area contributed by atoms with Crippen molar-refractivity contribution in [3.8, 4) is 17.2 Å². The van der Waals surface area contributed by atoms with Crippen LogP contribution in [0.3, 0.4) is 0 Å². The number of nitrogens with zero attached hydrogens (tertiary/aromatic N) is 2. The fourth-order valence-electron chi connectivity index (χ4n) is 1.76. The quantitative estimate of drug-likeness (QED) is 0.884. The molecule has 0 aliphatic heterocycles. The topological polar surface area (TPSA) is 89.3 Å². The third kappa shape index (κ3) is 5.28. The van der Waals surface area contributed by atoms with Gasteiger partial charge in [-0.3, -0.25) is 0 Å². The summed E-state index contributed by atoms with van der Waals surface area (Å²) in [5, 5.41) is 13.4. The molecule has 0 unspecified atom stereocenters. The van der Waals surface area contributed by atoms with E-state index < -0.39 is 0 Å². The van der Waals surface area contributed by atoms with Gasteiger partial charge < -0.3 is 19.8 Å². The maximum absolute atomic E-state index is 11.7. The number of methoxy groups -OCH3 is 1. The van der Waals surface area contributed by atoms with Crippen molar-refractivity contribution in [2.45, 2.75) is 27.3 Å². The van der Waals surface area contributed by atoms with Crippen LogP contribution in [0.15, 0.2) is 28.7 Å². The summed E-state index contributed by atoms with van der Waals surface area (Å²) in [6, 6.07) is 7.07. The minimum absolute atomic E-state index is 0.0291. The number of rotatable bonds is 5. The second kappa shape index (κ2) is 7.13. The molecule has 0 fully saturated rings. The Morgan fingerprint density at radius 2 is 2.04 bits per heavy atom. The number of benzene rings is 1. The van der Waals surface area contributed by atoms with Crippen LogP contribution in [0.2, 0.25) is 0 Å². The monoisotopic (exact) mass is 318 g/mol.